The number of imide groups is 1. The van der Waals surface area contributed by atoms with E-state index in [1.165, 1.54) is 27.0 Å². The maximum Gasteiger partial charge on any atom is 0.262 e. The van der Waals surface area contributed by atoms with E-state index in [4.69, 9.17) is 4.74 Å². The van der Waals surface area contributed by atoms with Crippen molar-refractivity contribution < 1.29 is 23.9 Å². The Labute approximate surface area is 161 Å². The van der Waals surface area contributed by atoms with Gasteiger partial charge < -0.3 is 15.4 Å². The molecule has 1 aliphatic heterocycles. The minimum absolute atomic E-state index is 0.262. The summed E-state index contributed by atoms with van der Waals surface area (Å²) in [6, 6.07) is 10.2. The van der Waals surface area contributed by atoms with Gasteiger partial charge in [0.1, 0.15) is 11.8 Å². The Bertz CT molecular complexity index is 951. The number of nitrogens with zero attached hydrogens (tertiary/aromatic N) is 1. The zero-order valence-electron chi connectivity index (χ0n) is 15.6. The molecule has 0 aromatic heterocycles. The highest BCUT2D eigenvalue weighted by atomic mass is 16.5. The molecule has 1 heterocycles. The third kappa shape index (κ3) is 3.44. The highest BCUT2D eigenvalue weighted by Gasteiger charge is 2.40. The van der Waals surface area contributed by atoms with E-state index in [9.17, 15) is 19.2 Å². The van der Waals surface area contributed by atoms with Gasteiger partial charge in [-0.3, -0.25) is 24.1 Å². The number of nitrogens with one attached hydrogen (secondary N) is 2. The number of methoxy groups -OCH3 is 1. The van der Waals surface area contributed by atoms with Crippen LogP contribution in [-0.4, -0.2) is 41.7 Å². The Morgan fingerprint density at radius 3 is 2.14 bits per heavy atom. The number of hydrogen-bond donors (Lipinski definition) is 2. The predicted molar refractivity (Wildman–Crippen MR) is 102 cm³/mol. The van der Waals surface area contributed by atoms with Gasteiger partial charge in [0.15, 0.2) is 0 Å². The van der Waals surface area contributed by atoms with Gasteiger partial charge in [0, 0.05) is 12.6 Å². The van der Waals surface area contributed by atoms with Crippen molar-refractivity contribution in [2.24, 2.45) is 0 Å². The largest absolute Gasteiger partial charge is 0.495 e. The molecule has 2 aromatic rings. The Hall–Kier alpha value is -3.68. The van der Waals surface area contributed by atoms with Crippen LogP contribution in [0, 0.1) is 0 Å². The van der Waals surface area contributed by atoms with Gasteiger partial charge in [0.25, 0.3) is 11.8 Å². The number of carbonyl (C=O) groups excluding carboxylic acids is 4. The fourth-order valence-electron chi connectivity index (χ4n) is 3.00. The summed E-state index contributed by atoms with van der Waals surface area (Å²) in [5.74, 6) is -1.48. The molecule has 1 atom stereocenters. The molecule has 0 aliphatic carbocycles. The van der Waals surface area contributed by atoms with E-state index in [-0.39, 0.29) is 17.0 Å². The van der Waals surface area contributed by atoms with Gasteiger partial charge in [-0.2, -0.15) is 0 Å². The van der Waals surface area contributed by atoms with Crippen LogP contribution in [0.4, 0.5) is 11.4 Å². The van der Waals surface area contributed by atoms with Crippen molar-refractivity contribution in [3.8, 4) is 5.75 Å². The molecule has 8 heteroatoms. The van der Waals surface area contributed by atoms with Gasteiger partial charge >= 0.3 is 0 Å². The lowest BCUT2D eigenvalue weighted by Crippen LogP contribution is -2.45. The summed E-state index contributed by atoms with van der Waals surface area (Å²) in [6.45, 7) is 2.84. The first-order valence-corrected chi connectivity index (χ1v) is 8.57. The summed E-state index contributed by atoms with van der Waals surface area (Å²) in [5.41, 5.74) is 1.33. The van der Waals surface area contributed by atoms with Gasteiger partial charge in [0.05, 0.1) is 23.9 Å². The Morgan fingerprint density at radius 1 is 1.00 bits per heavy atom. The number of rotatable bonds is 5. The van der Waals surface area contributed by atoms with Crippen LogP contribution in [0.3, 0.4) is 0 Å². The number of amides is 4. The third-order valence-electron chi connectivity index (χ3n) is 4.37. The second kappa shape index (κ2) is 7.51. The van der Waals surface area contributed by atoms with Crippen molar-refractivity contribution in [2.75, 3.05) is 17.7 Å². The zero-order valence-corrected chi connectivity index (χ0v) is 15.6. The molecule has 4 amide bonds. The van der Waals surface area contributed by atoms with E-state index >= 15 is 0 Å². The van der Waals surface area contributed by atoms with Crippen molar-refractivity contribution >= 4 is 35.0 Å². The van der Waals surface area contributed by atoms with Crippen molar-refractivity contribution in [3.05, 3.63) is 53.6 Å². The first kappa shape index (κ1) is 19.1. The summed E-state index contributed by atoms with van der Waals surface area (Å²) in [4.78, 5) is 50.0. The first-order valence-electron chi connectivity index (χ1n) is 8.57. The number of ether oxygens (including phenoxy) is 1. The monoisotopic (exact) mass is 381 g/mol. The van der Waals surface area contributed by atoms with Crippen molar-refractivity contribution in [1.29, 1.82) is 0 Å². The Balaban J connectivity index is 1.83. The van der Waals surface area contributed by atoms with Gasteiger partial charge in [-0.15, -0.1) is 0 Å². The van der Waals surface area contributed by atoms with Crippen LogP contribution in [0.25, 0.3) is 0 Å². The molecular formula is C20H19N3O5. The van der Waals surface area contributed by atoms with E-state index in [0.29, 0.717) is 17.1 Å². The normalized spacial score (nSPS) is 13.8. The van der Waals surface area contributed by atoms with Crippen molar-refractivity contribution in [1.82, 2.24) is 4.90 Å². The second-order valence-electron chi connectivity index (χ2n) is 6.29. The Kier molecular flexibility index (Phi) is 5.12. The van der Waals surface area contributed by atoms with Crippen LogP contribution in [0.2, 0.25) is 0 Å². The smallest absolute Gasteiger partial charge is 0.262 e. The van der Waals surface area contributed by atoms with Crippen LogP contribution in [0.5, 0.6) is 5.75 Å². The molecule has 0 saturated heterocycles. The molecule has 1 aliphatic rings. The molecule has 2 aromatic carbocycles. The van der Waals surface area contributed by atoms with Gasteiger partial charge in [-0.1, -0.05) is 12.1 Å². The highest BCUT2D eigenvalue weighted by Crippen LogP contribution is 2.29. The third-order valence-corrected chi connectivity index (χ3v) is 4.37. The molecule has 8 nitrogen and oxygen atoms in total. The second-order valence-corrected chi connectivity index (χ2v) is 6.29. The lowest BCUT2D eigenvalue weighted by molar-refractivity contribution is -0.119. The highest BCUT2D eigenvalue weighted by molar-refractivity contribution is 6.23. The number of benzene rings is 2. The molecule has 0 saturated carbocycles. The van der Waals surface area contributed by atoms with E-state index in [1.54, 1.807) is 36.4 Å². The number of hydrogen-bond acceptors (Lipinski definition) is 5. The fourth-order valence-corrected chi connectivity index (χ4v) is 3.00. The van der Waals surface area contributed by atoms with Crippen molar-refractivity contribution in [2.45, 2.75) is 19.9 Å². The molecule has 3 rings (SSSR count). The average molecular weight is 381 g/mol. The maximum atomic E-state index is 12.7. The van der Waals surface area contributed by atoms with Gasteiger partial charge in [-0.05, 0) is 37.3 Å². The van der Waals surface area contributed by atoms with E-state index < -0.39 is 23.8 Å². The molecule has 28 heavy (non-hydrogen) atoms. The summed E-state index contributed by atoms with van der Waals surface area (Å²) < 4.78 is 5.23. The van der Waals surface area contributed by atoms with E-state index in [0.717, 1.165) is 4.90 Å². The van der Waals surface area contributed by atoms with Crippen LogP contribution >= 0.6 is 0 Å². The molecule has 2 N–H and O–H groups in total. The lowest BCUT2D eigenvalue weighted by Gasteiger charge is -2.22. The van der Waals surface area contributed by atoms with Crippen LogP contribution in [-0.2, 0) is 9.59 Å². The quantitative estimate of drug-likeness (QED) is 0.773. The summed E-state index contributed by atoms with van der Waals surface area (Å²) in [6.07, 6.45) is 0. The number of fused-ring (bicyclic) bond motifs is 1. The minimum Gasteiger partial charge on any atom is -0.495 e. The zero-order chi connectivity index (χ0) is 20.4. The van der Waals surface area contributed by atoms with Crippen LogP contribution in [0.1, 0.15) is 34.6 Å². The van der Waals surface area contributed by atoms with Gasteiger partial charge in [0.2, 0.25) is 11.8 Å². The number of anilines is 2. The Morgan fingerprint density at radius 2 is 1.61 bits per heavy atom. The first-order chi connectivity index (χ1) is 13.3. The fraction of sp³-hybridized carbons (Fsp3) is 0.200. The summed E-state index contributed by atoms with van der Waals surface area (Å²) in [7, 11) is 1.44. The van der Waals surface area contributed by atoms with E-state index in [2.05, 4.69) is 10.6 Å². The number of carbonyl (C=O) groups is 4. The van der Waals surface area contributed by atoms with Crippen molar-refractivity contribution in [3.63, 3.8) is 0 Å². The standard InChI is InChI=1S/C20H19N3O5/c1-11(23-19(26)14-6-4-5-7-15(14)20(23)27)18(25)22-16-10-13(21-12(2)24)8-9-17(16)28-3/h4-11H,1-3H3,(H,21,24)(H,22,25)/t11-/m0/s1. The lowest BCUT2D eigenvalue weighted by atomic mass is 10.1. The minimum atomic E-state index is -1.04. The molecule has 144 valence electrons. The molecule has 0 fully saturated rings. The summed E-state index contributed by atoms with van der Waals surface area (Å²) >= 11 is 0. The topological polar surface area (TPSA) is 105 Å². The molecule has 0 spiro atoms. The van der Waals surface area contributed by atoms with Gasteiger partial charge in [-0.25, -0.2) is 0 Å². The molecule has 0 radical (unpaired) electrons. The summed E-state index contributed by atoms with van der Waals surface area (Å²) in [5, 5.41) is 5.27. The maximum absolute atomic E-state index is 12.7. The molecule has 0 bridgehead atoms. The van der Waals surface area contributed by atoms with Crippen LogP contribution < -0.4 is 15.4 Å². The SMILES string of the molecule is COc1ccc(NC(C)=O)cc1NC(=O)[C@H](C)N1C(=O)c2ccccc2C1=O. The van der Waals surface area contributed by atoms with E-state index in [1.807, 2.05) is 0 Å². The molecular weight excluding hydrogens is 362 g/mol. The predicted octanol–water partition coefficient (Wildman–Crippen LogP) is 2.28. The molecule has 0 unspecified atom stereocenters. The average Bonchev–Trinajstić information content (AvgIpc) is 2.92. The van der Waals surface area contributed by atoms with Crippen LogP contribution in [0.15, 0.2) is 42.5 Å².